The number of rotatable bonds is 3. The summed E-state index contributed by atoms with van der Waals surface area (Å²) in [6.07, 6.45) is 2.72. The fourth-order valence-electron chi connectivity index (χ4n) is 1.66. The maximum Gasteiger partial charge on any atom is 0.261 e. The molecule has 1 fully saturated rings. The summed E-state index contributed by atoms with van der Waals surface area (Å²) in [5.41, 5.74) is 0. The summed E-state index contributed by atoms with van der Waals surface area (Å²) in [7, 11) is -2.00. The minimum Gasteiger partial charge on any atom is -0.381 e. The van der Waals surface area contributed by atoms with Crippen LogP contribution in [0, 0.1) is 0 Å². The number of aryl methyl sites for hydroxylation is 1. The summed E-state index contributed by atoms with van der Waals surface area (Å²) in [6.45, 7) is 1.15. The van der Waals surface area contributed by atoms with Crippen molar-refractivity contribution in [1.82, 2.24) is 14.3 Å². The molecule has 0 bridgehead atoms. The van der Waals surface area contributed by atoms with Crippen LogP contribution in [-0.2, 0) is 21.8 Å². The summed E-state index contributed by atoms with van der Waals surface area (Å²) in [5.74, 6) is 0. The second-order valence-corrected chi connectivity index (χ2v) is 5.95. The predicted octanol–water partition coefficient (Wildman–Crippen LogP) is 0.531. The molecule has 1 N–H and O–H groups in total. The molecule has 0 atom stereocenters. The van der Waals surface area contributed by atoms with E-state index < -0.39 is 10.0 Å². The standard InChI is InChI=1S/C9H14ClN3O3S/c1-13-6-11-9(8(13)10)17(14,15)12-7-2-4-16-5-3-7/h6-7,12H,2-5H2,1H3. The molecule has 96 valence electrons. The van der Waals surface area contributed by atoms with Gasteiger partial charge >= 0.3 is 0 Å². The first-order valence-corrected chi connectivity index (χ1v) is 7.14. The normalized spacial score (nSPS) is 18.5. The van der Waals surface area contributed by atoms with Gasteiger partial charge in [0, 0.05) is 26.3 Å². The molecule has 0 saturated carbocycles. The highest BCUT2D eigenvalue weighted by atomic mass is 35.5. The van der Waals surface area contributed by atoms with Gasteiger partial charge in [-0.2, -0.15) is 0 Å². The Morgan fingerprint density at radius 2 is 2.18 bits per heavy atom. The molecule has 1 aliphatic heterocycles. The van der Waals surface area contributed by atoms with Crippen molar-refractivity contribution in [3.8, 4) is 0 Å². The van der Waals surface area contributed by atoms with E-state index in [2.05, 4.69) is 9.71 Å². The Bertz CT molecular complexity index is 494. The third kappa shape index (κ3) is 2.79. The van der Waals surface area contributed by atoms with Gasteiger partial charge in [0.1, 0.15) is 5.15 Å². The largest absolute Gasteiger partial charge is 0.381 e. The number of aromatic nitrogens is 2. The maximum absolute atomic E-state index is 12.0. The van der Waals surface area contributed by atoms with E-state index in [9.17, 15) is 8.42 Å². The van der Waals surface area contributed by atoms with Crippen molar-refractivity contribution in [3.63, 3.8) is 0 Å². The van der Waals surface area contributed by atoms with Gasteiger partial charge in [-0.1, -0.05) is 11.6 Å². The Balaban J connectivity index is 2.16. The van der Waals surface area contributed by atoms with Gasteiger partial charge in [-0.3, -0.25) is 0 Å². The number of nitrogens with one attached hydrogen (secondary N) is 1. The van der Waals surface area contributed by atoms with Crippen molar-refractivity contribution in [3.05, 3.63) is 11.5 Å². The lowest BCUT2D eigenvalue weighted by molar-refractivity contribution is 0.0832. The van der Waals surface area contributed by atoms with Gasteiger partial charge in [-0.25, -0.2) is 18.1 Å². The Morgan fingerprint density at radius 1 is 1.53 bits per heavy atom. The van der Waals surface area contributed by atoms with Crippen molar-refractivity contribution in [2.75, 3.05) is 13.2 Å². The van der Waals surface area contributed by atoms with Crippen LogP contribution in [0.4, 0.5) is 0 Å². The number of hydrogen-bond donors (Lipinski definition) is 1. The van der Waals surface area contributed by atoms with Crippen LogP contribution in [0.5, 0.6) is 0 Å². The van der Waals surface area contributed by atoms with Crippen LogP contribution in [0.3, 0.4) is 0 Å². The molecule has 0 aliphatic carbocycles. The van der Waals surface area contributed by atoms with E-state index in [1.807, 2.05) is 0 Å². The van der Waals surface area contributed by atoms with Gasteiger partial charge in [0.25, 0.3) is 10.0 Å². The lowest BCUT2D eigenvalue weighted by atomic mass is 10.1. The fraction of sp³-hybridized carbons (Fsp3) is 0.667. The lowest BCUT2D eigenvalue weighted by Gasteiger charge is -2.22. The van der Waals surface area contributed by atoms with Gasteiger partial charge in [-0.05, 0) is 12.8 Å². The van der Waals surface area contributed by atoms with E-state index in [0.717, 1.165) is 0 Å². The molecular formula is C9H14ClN3O3S. The van der Waals surface area contributed by atoms with Crippen molar-refractivity contribution in [2.45, 2.75) is 23.9 Å². The van der Waals surface area contributed by atoms with Crippen LogP contribution >= 0.6 is 11.6 Å². The zero-order valence-corrected chi connectivity index (χ0v) is 11.0. The summed E-state index contributed by atoms with van der Waals surface area (Å²) in [5, 5.41) is -0.00211. The molecule has 6 nitrogen and oxygen atoms in total. The van der Waals surface area contributed by atoms with Crippen molar-refractivity contribution in [2.24, 2.45) is 7.05 Å². The number of hydrogen-bond acceptors (Lipinski definition) is 4. The predicted molar refractivity (Wildman–Crippen MR) is 62.4 cm³/mol. The Morgan fingerprint density at radius 3 is 2.71 bits per heavy atom. The third-order valence-corrected chi connectivity index (χ3v) is 4.64. The van der Waals surface area contributed by atoms with Gasteiger partial charge in [0.2, 0.25) is 5.03 Å². The smallest absolute Gasteiger partial charge is 0.261 e. The highest BCUT2D eigenvalue weighted by molar-refractivity contribution is 7.89. The van der Waals surface area contributed by atoms with E-state index >= 15 is 0 Å². The molecular weight excluding hydrogens is 266 g/mol. The number of imidazole rings is 1. The van der Waals surface area contributed by atoms with Crippen LogP contribution in [0.1, 0.15) is 12.8 Å². The topological polar surface area (TPSA) is 73.2 Å². The first kappa shape index (κ1) is 12.8. The van der Waals surface area contributed by atoms with E-state index in [-0.39, 0.29) is 16.2 Å². The van der Waals surface area contributed by atoms with E-state index in [1.54, 1.807) is 7.05 Å². The minimum atomic E-state index is -3.64. The molecule has 0 unspecified atom stereocenters. The van der Waals surface area contributed by atoms with Gasteiger partial charge in [0.15, 0.2) is 0 Å². The monoisotopic (exact) mass is 279 g/mol. The molecule has 0 aromatic carbocycles. The summed E-state index contributed by atoms with van der Waals surface area (Å²) >= 11 is 5.87. The number of halogens is 1. The molecule has 2 heterocycles. The second kappa shape index (κ2) is 4.93. The maximum atomic E-state index is 12.0. The molecule has 0 radical (unpaired) electrons. The Kier molecular flexibility index (Phi) is 3.72. The SMILES string of the molecule is Cn1cnc(S(=O)(=O)NC2CCOCC2)c1Cl. The van der Waals surface area contributed by atoms with Crippen molar-refractivity contribution >= 4 is 21.6 Å². The average Bonchev–Trinajstić information content (AvgIpc) is 2.61. The molecule has 2 rings (SSSR count). The van der Waals surface area contributed by atoms with E-state index in [4.69, 9.17) is 16.3 Å². The van der Waals surface area contributed by atoms with Gasteiger partial charge in [-0.15, -0.1) is 0 Å². The number of nitrogens with zero attached hydrogens (tertiary/aromatic N) is 2. The first-order valence-electron chi connectivity index (χ1n) is 5.27. The average molecular weight is 280 g/mol. The molecule has 8 heteroatoms. The first-order chi connectivity index (χ1) is 8.00. The molecule has 0 amide bonds. The summed E-state index contributed by atoms with van der Waals surface area (Å²) in [6, 6.07) is -0.105. The van der Waals surface area contributed by atoms with Crippen LogP contribution in [0.15, 0.2) is 11.4 Å². The fourth-order valence-corrected chi connectivity index (χ4v) is 3.40. The van der Waals surface area contributed by atoms with Crippen LogP contribution < -0.4 is 4.72 Å². The molecule has 1 aromatic rings. The van der Waals surface area contributed by atoms with Crippen LogP contribution in [0.2, 0.25) is 5.15 Å². The highest BCUT2D eigenvalue weighted by Gasteiger charge is 2.26. The zero-order chi connectivity index (χ0) is 12.5. The minimum absolute atomic E-state index is 0.105. The zero-order valence-electron chi connectivity index (χ0n) is 9.39. The Labute approximate surface area is 105 Å². The quantitative estimate of drug-likeness (QED) is 0.876. The van der Waals surface area contributed by atoms with Gasteiger partial charge in [0.05, 0.1) is 6.33 Å². The van der Waals surface area contributed by atoms with Crippen molar-refractivity contribution < 1.29 is 13.2 Å². The van der Waals surface area contributed by atoms with Crippen LogP contribution in [-0.4, -0.2) is 37.2 Å². The Hall–Kier alpha value is -0.630. The lowest BCUT2D eigenvalue weighted by Crippen LogP contribution is -2.39. The highest BCUT2D eigenvalue weighted by Crippen LogP contribution is 2.19. The molecule has 0 spiro atoms. The summed E-state index contributed by atoms with van der Waals surface area (Å²) in [4.78, 5) is 3.80. The van der Waals surface area contributed by atoms with Crippen LogP contribution in [0.25, 0.3) is 0 Å². The molecule has 17 heavy (non-hydrogen) atoms. The molecule has 1 aromatic heterocycles. The summed E-state index contributed by atoms with van der Waals surface area (Å²) < 4.78 is 33.3. The molecule has 1 aliphatic rings. The van der Waals surface area contributed by atoms with E-state index in [1.165, 1.54) is 10.9 Å². The van der Waals surface area contributed by atoms with E-state index in [0.29, 0.717) is 26.1 Å². The third-order valence-electron chi connectivity index (χ3n) is 2.63. The number of ether oxygens (including phenoxy) is 1. The number of sulfonamides is 1. The second-order valence-electron chi connectivity index (χ2n) is 3.96. The molecule has 1 saturated heterocycles. The van der Waals surface area contributed by atoms with Crippen molar-refractivity contribution in [1.29, 1.82) is 0 Å². The van der Waals surface area contributed by atoms with Gasteiger partial charge < -0.3 is 9.30 Å².